The van der Waals surface area contributed by atoms with Gasteiger partial charge in [0.25, 0.3) is 5.91 Å². The van der Waals surface area contributed by atoms with E-state index in [2.05, 4.69) is 4.98 Å². The number of pyridine rings is 1. The first-order valence-electron chi connectivity index (χ1n) is 6.63. The van der Waals surface area contributed by atoms with Crippen LogP contribution in [-0.4, -0.2) is 42.6 Å². The Balaban J connectivity index is 2.03. The SMILES string of the molecule is Cc1ncc(N)cc1C(=O)N(C)CC1CCOCC1. The summed E-state index contributed by atoms with van der Waals surface area (Å²) in [6.07, 6.45) is 3.61. The summed E-state index contributed by atoms with van der Waals surface area (Å²) in [6, 6.07) is 1.70. The Morgan fingerprint density at radius 2 is 2.21 bits per heavy atom. The normalized spacial score (nSPS) is 16.3. The van der Waals surface area contributed by atoms with Gasteiger partial charge < -0.3 is 15.4 Å². The van der Waals surface area contributed by atoms with Crippen LogP contribution < -0.4 is 5.73 Å². The maximum absolute atomic E-state index is 12.4. The molecule has 0 aromatic carbocycles. The van der Waals surface area contributed by atoms with Gasteiger partial charge in [0.15, 0.2) is 0 Å². The van der Waals surface area contributed by atoms with Gasteiger partial charge in [-0.2, -0.15) is 0 Å². The molecule has 2 N–H and O–H groups in total. The first kappa shape index (κ1) is 13.8. The monoisotopic (exact) mass is 263 g/mol. The lowest BCUT2D eigenvalue weighted by Crippen LogP contribution is -2.34. The highest BCUT2D eigenvalue weighted by Crippen LogP contribution is 2.18. The summed E-state index contributed by atoms with van der Waals surface area (Å²) < 4.78 is 5.33. The van der Waals surface area contributed by atoms with Crippen LogP contribution in [-0.2, 0) is 4.74 Å². The lowest BCUT2D eigenvalue weighted by atomic mass is 9.99. The molecule has 1 aliphatic rings. The Hall–Kier alpha value is -1.62. The first-order valence-corrected chi connectivity index (χ1v) is 6.63. The van der Waals surface area contributed by atoms with Crippen molar-refractivity contribution in [2.45, 2.75) is 19.8 Å². The molecule has 1 saturated heterocycles. The zero-order chi connectivity index (χ0) is 13.8. The Labute approximate surface area is 113 Å². The molecule has 1 aliphatic heterocycles. The second-order valence-corrected chi connectivity index (χ2v) is 5.14. The molecule has 19 heavy (non-hydrogen) atoms. The minimum Gasteiger partial charge on any atom is -0.397 e. The number of nitrogens with zero attached hydrogens (tertiary/aromatic N) is 2. The highest BCUT2D eigenvalue weighted by Gasteiger charge is 2.20. The molecule has 104 valence electrons. The standard InChI is InChI=1S/C14H21N3O2/c1-10-13(7-12(15)8-16-10)14(18)17(2)9-11-3-5-19-6-4-11/h7-8,11H,3-6,9,15H2,1-2H3. The third-order valence-electron chi connectivity index (χ3n) is 3.56. The molecule has 0 saturated carbocycles. The van der Waals surface area contributed by atoms with Crippen molar-refractivity contribution in [3.8, 4) is 0 Å². The fourth-order valence-corrected chi connectivity index (χ4v) is 2.37. The summed E-state index contributed by atoms with van der Waals surface area (Å²) in [5.74, 6) is 0.515. The number of nitrogens with two attached hydrogens (primary N) is 1. The predicted octanol–water partition coefficient (Wildman–Crippen LogP) is 1.47. The highest BCUT2D eigenvalue weighted by atomic mass is 16.5. The highest BCUT2D eigenvalue weighted by molar-refractivity contribution is 5.95. The van der Waals surface area contributed by atoms with E-state index in [4.69, 9.17) is 10.5 Å². The van der Waals surface area contributed by atoms with Gasteiger partial charge in [0.1, 0.15) is 0 Å². The first-order chi connectivity index (χ1) is 9.08. The lowest BCUT2D eigenvalue weighted by Gasteiger charge is -2.27. The van der Waals surface area contributed by atoms with Gasteiger partial charge in [0.05, 0.1) is 23.1 Å². The Morgan fingerprint density at radius 3 is 2.89 bits per heavy atom. The van der Waals surface area contributed by atoms with Crippen molar-refractivity contribution < 1.29 is 9.53 Å². The van der Waals surface area contributed by atoms with Crippen molar-refractivity contribution in [2.24, 2.45) is 5.92 Å². The van der Waals surface area contributed by atoms with Gasteiger partial charge in [-0.25, -0.2) is 0 Å². The lowest BCUT2D eigenvalue weighted by molar-refractivity contribution is 0.0497. The second-order valence-electron chi connectivity index (χ2n) is 5.14. The molecule has 2 rings (SSSR count). The van der Waals surface area contributed by atoms with E-state index < -0.39 is 0 Å². The van der Waals surface area contributed by atoms with Gasteiger partial charge in [0.2, 0.25) is 0 Å². The number of aromatic nitrogens is 1. The topological polar surface area (TPSA) is 68.5 Å². The minimum absolute atomic E-state index is 0.0104. The van der Waals surface area contributed by atoms with Crippen molar-refractivity contribution in [2.75, 3.05) is 32.5 Å². The average Bonchev–Trinajstić information content (AvgIpc) is 2.42. The van der Waals surface area contributed by atoms with E-state index in [0.717, 1.165) is 38.3 Å². The molecule has 0 spiro atoms. The molecule has 1 aromatic rings. The molecule has 0 aliphatic carbocycles. The average molecular weight is 263 g/mol. The molecular formula is C14H21N3O2. The Kier molecular flexibility index (Phi) is 4.37. The molecule has 0 radical (unpaired) electrons. The van der Waals surface area contributed by atoms with Crippen LogP contribution in [0.5, 0.6) is 0 Å². The number of carbonyl (C=O) groups is 1. The summed E-state index contributed by atoms with van der Waals surface area (Å²) in [5.41, 5.74) is 7.53. The largest absolute Gasteiger partial charge is 0.397 e. The van der Waals surface area contributed by atoms with Gasteiger partial charge in [-0.15, -0.1) is 0 Å². The number of hydrogen-bond donors (Lipinski definition) is 1. The number of rotatable bonds is 3. The van der Waals surface area contributed by atoms with Gasteiger partial charge in [-0.3, -0.25) is 9.78 Å². The summed E-state index contributed by atoms with van der Waals surface area (Å²) in [6.45, 7) is 4.18. The fraction of sp³-hybridized carbons (Fsp3) is 0.571. The zero-order valence-corrected chi connectivity index (χ0v) is 11.6. The quantitative estimate of drug-likeness (QED) is 0.896. The molecule has 5 heteroatoms. The van der Waals surface area contributed by atoms with Crippen molar-refractivity contribution >= 4 is 11.6 Å². The van der Waals surface area contributed by atoms with E-state index >= 15 is 0 Å². The van der Waals surface area contributed by atoms with E-state index in [-0.39, 0.29) is 5.91 Å². The molecular weight excluding hydrogens is 242 g/mol. The Bertz CT molecular complexity index is 456. The van der Waals surface area contributed by atoms with Crippen LogP contribution in [0.4, 0.5) is 5.69 Å². The van der Waals surface area contributed by atoms with Crippen LogP contribution in [0.3, 0.4) is 0 Å². The molecule has 2 heterocycles. The molecule has 1 aromatic heterocycles. The van der Waals surface area contributed by atoms with Crippen LogP contribution in [0.15, 0.2) is 12.3 Å². The number of amides is 1. The molecule has 1 fully saturated rings. The van der Waals surface area contributed by atoms with Crippen molar-refractivity contribution in [3.05, 3.63) is 23.5 Å². The van der Waals surface area contributed by atoms with Crippen molar-refractivity contribution in [1.29, 1.82) is 0 Å². The second kappa shape index (κ2) is 6.02. The van der Waals surface area contributed by atoms with E-state index in [1.54, 1.807) is 17.2 Å². The predicted molar refractivity (Wildman–Crippen MR) is 73.9 cm³/mol. The number of hydrogen-bond acceptors (Lipinski definition) is 4. The number of aryl methyl sites for hydroxylation is 1. The van der Waals surface area contributed by atoms with Gasteiger partial charge >= 0.3 is 0 Å². The summed E-state index contributed by atoms with van der Waals surface area (Å²) in [4.78, 5) is 18.3. The van der Waals surface area contributed by atoms with Crippen molar-refractivity contribution in [3.63, 3.8) is 0 Å². The van der Waals surface area contributed by atoms with Crippen LogP contribution in [0.2, 0.25) is 0 Å². The molecule has 1 amide bonds. The number of anilines is 1. The third kappa shape index (κ3) is 3.44. The van der Waals surface area contributed by atoms with E-state index in [1.165, 1.54) is 0 Å². The zero-order valence-electron chi connectivity index (χ0n) is 11.6. The van der Waals surface area contributed by atoms with Crippen LogP contribution in [0, 0.1) is 12.8 Å². The van der Waals surface area contributed by atoms with E-state index in [0.29, 0.717) is 17.2 Å². The van der Waals surface area contributed by atoms with Gasteiger partial charge in [-0.1, -0.05) is 0 Å². The maximum Gasteiger partial charge on any atom is 0.255 e. The van der Waals surface area contributed by atoms with Gasteiger partial charge in [-0.05, 0) is 31.7 Å². The Morgan fingerprint density at radius 1 is 1.53 bits per heavy atom. The molecule has 0 bridgehead atoms. The minimum atomic E-state index is -0.0104. The molecule has 0 unspecified atom stereocenters. The fourth-order valence-electron chi connectivity index (χ4n) is 2.37. The molecule has 5 nitrogen and oxygen atoms in total. The smallest absolute Gasteiger partial charge is 0.255 e. The third-order valence-corrected chi connectivity index (χ3v) is 3.56. The van der Waals surface area contributed by atoms with Crippen LogP contribution in [0.1, 0.15) is 28.9 Å². The van der Waals surface area contributed by atoms with E-state index in [1.807, 2.05) is 14.0 Å². The van der Waals surface area contributed by atoms with Crippen molar-refractivity contribution in [1.82, 2.24) is 9.88 Å². The summed E-state index contributed by atoms with van der Waals surface area (Å²) in [7, 11) is 1.83. The van der Waals surface area contributed by atoms with E-state index in [9.17, 15) is 4.79 Å². The van der Waals surface area contributed by atoms with Gasteiger partial charge in [0, 0.05) is 26.8 Å². The number of ether oxygens (including phenoxy) is 1. The van der Waals surface area contributed by atoms with Crippen LogP contribution >= 0.6 is 0 Å². The van der Waals surface area contributed by atoms with Crippen LogP contribution in [0.25, 0.3) is 0 Å². The number of nitrogen functional groups attached to an aromatic ring is 1. The number of carbonyl (C=O) groups excluding carboxylic acids is 1. The summed E-state index contributed by atoms with van der Waals surface area (Å²) >= 11 is 0. The summed E-state index contributed by atoms with van der Waals surface area (Å²) in [5, 5.41) is 0. The molecule has 0 atom stereocenters. The maximum atomic E-state index is 12.4.